The number of amides is 1. The quantitative estimate of drug-likeness (QED) is 0.789. The predicted octanol–water partition coefficient (Wildman–Crippen LogP) is 0.905. The van der Waals surface area contributed by atoms with Gasteiger partial charge < -0.3 is 10.1 Å². The lowest BCUT2D eigenvalue weighted by molar-refractivity contribution is -0.118. The van der Waals surface area contributed by atoms with Crippen LogP contribution in [0.25, 0.3) is 0 Å². The largest absolute Gasteiger partial charge is 0.498 e. The lowest BCUT2D eigenvalue weighted by atomic mass is 10.0. The molecule has 1 fully saturated rings. The monoisotopic (exact) mass is 316 g/mol. The second-order valence-electron chi connectivity index (χ2n) is 5.88. The number of sulfonamides is 1. The minimum absolute atomic E-state index is 0.0713. The van der Waals surface area contributed by atoms with Crippen LogP contribution in [-0.2, 0) is 19.6 Å². The Morgan fingerprint density at radius 2 is 2.10 bits per heavy atom. The van der Waals surface area contributed by atoms with Crippen molar-refractivity contribution in [2.45, 2.75) is 45.1 Å². The molecule has 1 saturated carbocycles. The maximum Gasteiger partial charge on any atom is 0.250 e. The minimum atomic E-state index is -3.20. The SMILES string of the molecule is CC1=C(C(=O)NCC2CCCC2NS(C)(=O)=O)CCCO1. The summed E-state index contributed by atoms with van der Waals surface area (Å²) in [5.74, 6) is 0.780. The first-order valence-electron chi connectivity index (χ1n) is 7.45. The van der Waals surface area contributed by atoms with E-state index >= 15 is 0 Å². The Kier molecular flexibility index (Phi) is 5.27. The van der Waals surface area contributed by atoms with Gasteiger partial charge in [0.05, 0.1) is 18.4 Å². The van der Waals surface area contributed by atoms with Crippen LogP contribution in [0.4, 0.5) is 0 Å². The molecule has 0 spiro atoms. The molecule has 0 aromatic carbocycles. The summed E-state index contributed by atoms with van der Waals surface area (Å²) in [5.41, 5.74) is 0.715. The van der Waals surface area contributed by atoms with Gasteiger partial charge in [0.25, 0.3) is 5.91 Å². The highest BCUT2D eigenvalue weighted by Gasteiger charge is 2.30. The highest BCUT2D eigenvalue weighted by molar-refractivity contribution is 7.88. The molecular formula is C14H24N2O4S. The lowest BCUT2D eigenvalue weighted by Gasteiger charge is -2.22. The third-order valence-electron chi connectivity index (χ3n) is 4.14. The zero-order valence-electron chi connectivity index (χ0n) is 12.6. The van der Waals surface area contributed by atoms with E-state index in [2.05, 4.69) is 10.0 Å². The molecule has 7 heteroatoms. The standard InChI is InChI=1S/C14H24N2O4S/c1-10-12(6-4-8-20-10)14(17)15-9-11-5-3-7-13(11)16-21(2,18)19/h11,13,16H,3-9H2,1-2H3,(H,15,17). The molecule has 6 nitrogen and oxygen atoms in total. The maximum absolute atomic E-state index is 12.2. The van der Waals surface area contributed by atoms with E-state index in [4.69, 9.17) is 4.74 Å². The highest BCUT2D eigenvalue weighted by atomic mass is 32.2. The van der Waals surface area contributed by atoms with Gasteiger partial charge in [-0.1, -0.05) is 6.42 Å². The second kappa shape index (κ2) is 6.79. The maximum atomic E-state index is 12.2. The van der Waals surface area contributed by atoms with Crippen LogP contribution >= 0.6 is 0 Å². The predicted molar refractivity (Wildman–Crippen MR) is 80.0 cm³/mol. The Hall–Kier alpha value is -1.08. The van der Waals surface area contributed by atoms with E-state index in [0.717, 1.165) is 32.1 Å². The van der Waals surface area contributed by atoms with Crippen LogP contribution < -0.4 is 10.0 Å². The number of carbonyl (C=O) groups is 1. The molecule has 1 aliphatic heterocycles. The number of hydrogen-bond donors (Lipinski definition) is 2. The summed E-state index contributed by atoms with van der Waals surface area (Å²) in [6.45, 7) is 2.99. The van der Waals surface area contributed by atoms with Crippen molar-refractivity contribution in [3.63, 3.8) is 0 Å². The van der Waals surface area contributed by atoms with Crippen molar-refractivity contribution in [2.75, 3.05) is 19.4 Å². The molecule has 1 aliphatic carbocycles. The van der Waals surface area contributed by atoms with E-state index in [9.17, 15) is 13.2 Å². The van der Waals surface area contributed by atoms with Crippen LogP contribution in [0.3, 0.4) is 0 Å². The summed E-state index contributed by atoms with van der Waals surface area (Å²) < 4.78 is 30.7. The van der Waals surface area contributed by atoms with E-state index < -0.39 is 10.0 Å². The molecule has 2 atom stereocenters. The molecule has 0 bridgehead atoms. The summed E-state index contributed by atoms with van der Waals surface area (Å²) >= 11 is 0. The first-order chi connectivity index (χ1) is 9.87. The van der Waals surface area contributed by atoms with Crippen molar-refractivity contribution in [3.05, 3.63) is 11.3 Å². The van der Waals surface area contributed by atoms with Crippen LogP contribution in [0.15, 0.2) is 11.3 Å². The molecule has 2 unspecified atom stereocenters. The fraction of sp³-hybridized carbons (Fsp3) is 0.786. The molecule has 2 N–H and O–H groups in total. The highest BCUT2D eigenvalue weighted by Crippen LogP contribution is 2.26. The fourth-order valence-electron chi connectivity index (χ4n) is 3.05. The van der Waals surface area contributed by atoms with Gasteiger partial charge in [-0.05, 0) is 38.5 Å². The van der Waals surface area contributed by atoms with Crippen LogP contribution in [0, 0.1) is 5.92 Å². The Balaban J connectivity index is 1.88. The van der Waals surface area contributed by atoms with Gasteiger partial charge in [0, 0.05) is 12.6 Å². The molecule has 2 rings (SSSR count). The van der Waals surface area contributed by atoms with Crippen molar-refractivity contribution in [1.82, 2.24) is 10.0 Å². The van der Waals surface area contributed by atoms with Gasteiger partial charge in [-0.15, -0.1) is 0 Å². The summed E-state index contributed by atoms with van der Waals surface area (Å²) in [4.78, 5) is 12.2. The first kappa shape index (κ1) is 16.3. The summed E-state index contributed by atoms with van der Waals surface area (Å²) in [6.07, 6.45) is 5.53. The smallest absolute Gasteiger partial charge is 0.250 e. The molecule has 0 aromatic rings. The van der Waals surface area contributed by atoms with Crippen molar-refractivity contribution < 1.29 is 17.9 Å². The molecule has 1 heterocycles. The number of nitrogens with one attached hydrogen (secondary N) is 2. The lowest BCUT2D eigenvalue weighted by Crippen LogP contribution is -2.42. The minimum Gasteiger partial charge on any atom is -0.498 e. The average Bonchev–Trinajstić information content (AvgIpc) is 2.81. The zero-order valence-corrected chi connectivity index (χ0v) is 13.5. The van der Waals surface area contributed by atoms with Crippen molar-refractivity contribution in [3.8, 4) is 0 Å². The third kappa shape index (κ3) is 4.71. The Labute approximate surface area is 126 Å². The zero-order chi connectivity index (χ0) is 15.5. The van der Waals surface area contributed by atoms with E-state index in [1.807, 2.05) is 6.92 Å². The Morgan fingerprint density at radius 3 is 2.76 bits per heavy atom. The molecule has 0 aromatic heterocycles. The Morgan fingerprint density at radius 1 is 1.33 bits per heavy atom. The van der Waals surface area contributed by atoms with E-state index in [1.165, 1.54) is 6.26 Å². The van der Waals surface area contributed by atoms with Gasteiger partial charge in [-0.2, -0.15) is 0 Å². The molecule has 0 saturated heterocycles. The fourth-order valence-corrected chi connectivity index (χ4v) is 3.91. The third-order valence-corrected chi connectivity index (χ3v) is 4.87. The average molecular weight is 316 g/mol. The van der Waals surface area contributed by atoms with Gasteiger partial charge in [0.1, 0.15) is 5.76 Å². The summed E-state index contributed by atoms with van der Waals surface area (Å²) in [7, 11) is -3.20. The molecule has 2 aliphatic rings. The van der Waals surface area contributed by atoms with Crippen LogP contribution in [-0.4, -0.2) is 39.8 Å². The number of hydrogen-bond acceptors (Lipinski definition) is 4. The number of rotatable bonds is 5. The van der Waals surface area contributed by atoms with E-state index in [0.29, 0.717) is 24.5 Å². The number of ether oxygens (including phenoxy) is 1. The van der Waals surface area contributed by atoms with Gasteiger partial charge in [0.2, 0.25) is 10.0 Å². The van der Waals surface area contributed by atoms with Gasteiger partial charge in [0.15, 0.2) is 0 Å². The number of allylic oxidation sites excluding steroid dienone is 1. The van der Waals surface area contributed by atoms with E-state index in [1.54, 1.807) is 0 Å². The molecule has 21 heavy (non-hydrogen) atoms. The molecule has 0 radical (unpaired) electrons. The van der Waals surface area contributed by atoms with Crippen molar-refractivity contribution >= 4 is 15.9 Å². The van der Waals surface area contributed by atoms with Crippen LogP contribution in [0.5, 0.6) is 0 Å². The summed E-state index contributed by atoms with van der Waals surface area (Å²) in [6, 6.07) is -0.0713. The molecule has 1 amide bonds. The topological polar surface area (TPSA) is 84.5 Å². The first-order valence-corrected chi connectivity index (χ1v) is 9.34. The van der Waals surface area contributed by atoms with Gasteiger partial charge in [-0.3, -0.25) is 4.79 Å². The van der Waals surface area contributed by atoms with Gasteiger partial charge >= 0.3 is 0 Å². The molecular weight excluding hydrogens is 292 g/mol. The molecule has 120 valence electrons. The Bertz CT molecular complexity index is 527. The van der Waals surface area contributed by atoms with Crippen molar-refractivity contribution in [1.29, 1.82) is 0 Å². The number of carbonyl (C=O) groups excluding carboxylic acids is 1. The van der Waals surface area contributed by atoms with Crippen molar-refractivity contribution in [2.24, 2.45) is 5.92 Å². The van der Waals surface area contributed by atoms with E-state index in [-0.39, 0.29) is 17.9 Å². The van der Waals surface area contributed by atoms with Gasteiger partial charge in [-0.25, -0.2) is 13.1 Å². The second-order valence-corrected chi connectivity index (χ2v) is 7.66. The van der Waals surface area contributed by atoms with Crippen LogP contribution in [0.1, 0.15) is 39.0 Å². The summed E-state index contributed by atoms with van der Waals surface area (Å²) in [5, 5.41) is 2.93. The normalized spacial score (nSPS) is 26.6. The van der Waals surface area contributed by atoms with Crippen LogP contribution in [0.2, 0.25) is 0 Å².